The lowest BCUT2D eigenvalue weighted by Gasteiger charge is -2.26. The highest BCUT2D eigenvalue weighted by atomic mass is 35.5. The Morgan fingerprint density at radius 1 is 0.389 bits per heavy atom. The third-order valence-corrected chi connectivity index (χ3v) is 26.2. The SMILES string of the molecule is NC(=O)c1c(NC(=O)Nc2ccc(Cl)cc2)sc2c1CCN(CCCc1cnc(Cc3cncc4ccccc34)[nH]1)C2.NC(=O)c1c(NC(=O)Nc2ccc(Cl)cc2)sc2c1CCN(CCCc1cnc(Cc3cncc4ccccc34)o1)C2.NC(=O)c1c(NC(=O)Nc2ccc(Cl)cc2)sc2c1CCN(CCc1ncc(CCc3cncc4ccccc34)o1)C2. The number of H-pyrrole nitrogens is 1. The Morgan fingerprint density at radius 3 is 1.21 bits per heavy atom. The lowest BCUT2D eigenvalue weighted by atomic mass is 10.0. The largest absolute Gasteiger partial charge is 0.446 e. The zero-order valence-corrected chi connectivity index (χ0v) is 73.0. The van der Waals surface area contributed by atoms with Crippen LogP contribution in [0.1, 0.15) is 127 Å². The molecule has 0 aliphatic carbocycles. The first-order chi connectivity index (χ1) is 61.3. The molecule has 0 atom stereocenters. The number of nitrogens with one attached hydrogen (secondary N) is 7. The molecular formula is C93H88Cl3N19O8S3. The molecule has 0 bridgehead atoms. The zero-order chi connectivity index (χ0) is 87.2. The van der Waals surface area contributed by atoms with Crippen molar-refractivity contribution < 1.29 is 37.6 Å². The molecule has 0 spiro atoms. The summed E-state index contributed by atoms with van der Waals surface area (Å²) in [5.41, 5.74) is 27.5. The summed E-state index contributed by atoms with van der Waals surface area (Å²) in [7, 11) is 0. The van der Waals surface area contributed by atoms with E-state index >= 15 is 0 Å². The number of benzene rings is 6. The summed E-state index contributed by atoms with van der Waals surface area (Å²) in [5, 5.41) is 26.8. The second-order valence-corrected chi connectivity index (χ2v) is 35.3. The van der Waals surface area contributed by atoms with Crippen LogP contribution in [0.3, 0.4) is 0 Å². The van der Waals surface area contributed by atoms with Gasteiger partial charge in [-0.15, -0.1) is 34.0 Å². The molecule has 33 heteroatoms. The number of rotatable bonds is 27. The number of aryl methyl sites for hydroxylation is 4. The van der Waals surface area contributed by atoms with Gasteiger partial charge in [0.2, 0.25) is 0 Å². The number of nitrogens with zero attached hydrogens (tertiary/aromatic N) is 9. The van der Waals surface area contributed by atoms with Crippen molar-refractivity contribution in [2.24, 2.45) is 17.2 Å². The van der Waals surface area contributed by atoms with E-state index in [0.29, 0.717) is 134 Å². The highest BCUT2D eigenvalue weighted by Crippen LogP contribution is 2.41. The standard InChI is InChI=1S/C31H30ClN7O2S.2C31H29ClN6O3S/c32-21-7-9-22(10-8-21)37-31(41)38-30-28(29(33)40)25-11-13-39(18-26(25)42-30)12-3-5-23-17-35-27(36-23)14-20-16-34-15-19-4-1-2-6-24(19)20;32-21-7-9-22(10-8-21)36-31(40)37-30-28(29(33)39)25-11-13-38(18-26(25)42-30)12-3-5-23-17-35-27(41-23)14-20-16-34-15-19-4-1-2-6-24(19)20;32-21-6-8-22(9-7-21)36-31(40)37-30-28(29(33)39)25-11-13-38(18-26(25)42-30)14-12-27-35-17-23(41-27)10-5-20-16-34-15-19-3-1-2-4-24(19)20/h1-2,4,6-10,15-17H,3,5,11-14,18H2,(H2,33,40)(H,35,36)(H2,37,38,41);1-2,4,6-10,15-17H,3,5,11-14,18H2,(H2,33,39)(H2,36,37,40);1-4,6-9,15-17H,5,10-14,18H2,(H2,33,39)(H2,36,37,40). The second kappa shape index (κ2) is 40.5. The first kappa shape index (κ1) is 86.8. The number of thiophene rings is 3. The number of pyridine rings is 3. The van der Waals surface area contributed by atoms with Crippen LogP contribution in [-0.2, 0) is 83.8 Å². The summed E-state index contributed by atoms with van der Waals surface area (Å²) in [6.45, 7) is 6.98. The fourth-order valence-electron chi connectivity index (χ4n) is 16.0. The molecule has 0 radical (unpaired) electrons. The number of nitrogens with two attached hydrogens (primary N) is 3. The van der Waals surface area contributed by atoms with E-state index in [1.165, 1.54) is 50.3 Å². The number of carbonyl (C=O) groups excluding carboxylic acids is 6. The van der Waals surface area contributed by atoms with Crippen LogP contribution in [0.25, 0.3) is 32.3 Å². The van der Waals surface area contributed by atoms with Gasteiger partial charge < -0.3 is 47.0 Å². The zero-order valence-electron chi connectivity index (χ0n) is 68.3. The van der Waals surface area contributed by atoms with E-state index in [2.05, 4.69) is 118 Å². The minimum Gasteiger partial charge on any atom is -0.446 e. The number of imidazole rings is 1. The van der Waals surface area contributed by atoms with Gasteiger partial charge in [-0.05, 0) is 180 Å². The lowest BCUT2D eigenvalue weighted by molar-refractivity contribution is 0.0991. The average molecular weight is 1800 g/mol. The van der Waals surface area contributed by atoms with Crippen LogP contribution >= 0.6 is 68.8 Å². The van der Waals surface area contributed by atoms with Crippen molar-refractivity contribution in [2.75, 3.05) is 71.2 Å². The van der Waals surface area contributed by atoms with E-state index in [1.54, 1.807) is 72.8 Å². The van der Waals surface area contributed by atoms with Gasteiger partial charge in [-0.25, -0.2) is 29.3 Å². The smallest absolute Gasteiger partial charge is 0.324 e. The Labute approximate surface area is 751 Å². The summed E-state index contributed by atoms with van der Waals surface area (Å²) in [6.07, 6.45) is 26.1. The summed E-state index contributed by atoms with van der Waals surface area (Å²) < 4.78 is 12.1. The van der Waals surface area contributed by atoms with Crippen molar-refractivity contribution >= 4 is 169 Å². The highest BCUT2D eigenvalue weighted by molar-refractivity contribution is 7.17. The van der Waals surface area contributed by atoms with E-state index in [9.17, 15) is 28.8 Å². The minimum atomic E-state index is -0.547. The van der Waals surface area contributed by atoms with Gasteiger partial charge in [0.25, 0.3) is 17.7 Å². The van der Waals surface area contributed by atoms with Crippen molar-refractivity contribution in [3.8, 4) is 0 Å². The average Bonchev–Trinajstić information content (AvgIpc) is 1.64. The van der Waals surface area contributed by atoms with Crippen LogP contribution in [-0.4, -0.2) is 125 Å². The van der Waals surface area contributed by atoms with Gasteiger partial charge in [0, 0.05) is 183 Å². The third-order valence-electron chi connectivity index (χ3n) is 22.1. The predicted molar refractivity (Wildman–Crippen MR) is 498 cm³/mol. The van der Waals surface area contributed by atoms with E-state index < -0.39 is 35.8 Å². The number of hydrogen-bond acceptors (Lipinski definition) is 20. The number of oxazole rings is 2. The van der Waals surface area contributed by atoms with Crippen LogP contribution in [0.15, 0.2) is 210 Å². The molecule has 18 rings (SSSR count). The quantitative estimate of drug-likeness (QED) is 0.0229. The first-order valence-electron chi connectivity index (χ1n) is 41.1. The van der Waals surface area contributed by atoms with E-state index in [0.717, 1.165) is 165 Å². The van der Waals surface area contributed by atoms with E-state index in [-0.39, 0.29) is 0 Å². The molecule has 126 heavy (non-hydrogen) atoms. The Bertz CT molecular complexity index is 6200. The second-order valence-electron chi connectivity index (χ2n) is 30.7. The van der Waals surface area contributed by atoms with E-state index in [4.69, 9.17) is 60.8 Å². The Balaban J connectivity index is 0.000000139. The maximum absolute atomic E-state index is 12.6. The van der Waals surface area contributed by atoms with Gasteiger partial charge in [-0.3, -0.25) is 60.0 Å². The van der Waals surface area contributed by atoms with Gasteiger partial charge >= 0.3 is 18.1 Å². The molecule has 3 aliphatic heterocycles. The molecule has 3 aliphatic rings. The topological polar surface area (TPSA) is 382 Å². The fourth-order valence-corrected chi connectivity index (χ4v) is 20.2. The molecule has 9 aromatic heterocycles. The van der Waals surface area contributed by atoms with Crippen molar-refractivity contribution in [3.05, 3.63) is 316 Å². The molecule has 0 saturated heterocycles. The van der Waals surface area contributed by atoms with Crippen LogP contribution in [0, 0.1) is 0 Å². The fraction of sp³-hybridized carbons (Fsp3) is 0.226. The number of fused-ring (bicyclic) bond motifs is 6. The monoisotopic (exact) mass is 1800 g/mol. The van der Waals surface area contributed by atoms with E-state index in [1.807, 2.05) is 92.2 Å². The number of anilines is 6. The molecule has 9 amide bonds. The maximum atomic E-state index is 12.6. The van der Waals surface area contributed by atoms with Crippen LogP contribution in [0.4, 0.5) is 46.4 Å². The molecule has 0 fully saturated rings. The highest BCUT2D eigenvalue weighted by Gasteiger charge is 2.32. The maximum Gasteiger partial charge on any atom is 0.324 e. The summed E-state index contributed by atoms with van der Waals surface area (Å²) in [5.74, 6) is 2.43. The Morgan fingerprint density at radius 2 is 0.770 bits per heavy atom. The molecule has 27 nitrogen and oxygen atoms in total. The number of carbonyl (C=O) groups is 6. The van der Waals surface area contributed by atoms with Gasteiger partial charge in [0.1, 0.15) is 32.3 Å². The third kappa shape index (κ3) is 21.9. The van der Waals surface area contributed by atoms with Gasteiger partial charge in [-0.1, -0.05) is 108 Å². The first-order valence-corrected chi connectivity index (χ1v) is 44.7. The van der Waals surface area contributed by atoms with Crippen LogP contribution < -0.4 is 49.1 Å². The van der Waals surface area contributed by atoms with Crippen LogP contribution in [0.5, 0.6) is 0 Å². The number of aromatic nitrogens is 7. The molecular weight excluding hydrogens is 1710 g/mol. The summed E-state index contributed by atoms with van der Waals surface area (Å²) in [4.78, 5) is 115. The lowest BCUT2D eigenvalue weighted by Crippen LogP contribution is -2.32. The summed E-state index contributed by atoms with van der Waals surface area (Å²) >= 11 is 22.0. The van der Waals surface area contributed by atoms with Crippen molar-refractivity contribution in [1.82, 2.24) is 49.6 Å². The normalized spacial score (nSPS) is 13.2. The number of urea groups is 3. The van der Waals surface area contributed by atoms with Crippen molar-refractivity contribution in [2.45, 2.75) is 96.7 Å². The predicted octanol–water partition coefficient (Wildman–Crippen LogP) is 18.3. The molecule has 12 heterocycles. The van der Waals surface area contributed by atoms with Gasteiger partial charge in [-0.2, -0.15) is 0 Å². The molecule has 15 aromatic rings. The number of halogens is 3. The molecule has 13 N–H and O–H groups in total. The molecule has 642 valence electrons. The number of hydrogen-bond donors (Lipinski definition) is 10. The molecule has 0 saturated carbocycles. The Kier molecular flexibility index (Phi) is 27.9. The number of aromatic amines is 1. The van der Waals surface area contributed by atoms with Crippen LogP contribution in [0.2, 0.25) is 15.1 Å². The van der Waals surface area contributed by atoms with Crippen molar-refractivity contribution in [1.29, 1.82) is 0 Å². The minimum absolute atomic E-state index is 0.389. The summed E-state index contributed by atoms with van der Waals surface area (Å²) in [6, 6.07) is 43.7. The Hall–Kier alpha value is -12.8. The molecule has 0 unspecified atom stereocenters. The molecule has 6 aromatic carbocycles. The van der Waals surface area contributed by atoms with Gasteiger partial charge in [0.05, 0.1) is 35.5 Å². The van der Waals surface area contributed by atoms with Crippen molar-refractivity contribution in [3.63, 3.8) is 0 Å². The number of amides is 9. The number of primary amides is 3. The van der Waals surface area contributed by atoms with Gasteiger partial charge in [0.15, 0.2) is 11.8 Å².